The average molecular weight is 421 g/mol. The first-order chi connectivity index (χ1) is 14.5. The van der Waals surface area contributed by atoms with Crippen LogP contribution in [0.5, 0.6) is 5.75 Å². The summed E-state index contributed by atoms with van der Waals surface area (Å²) in [5.41, 5.74) is 3.75. The van der Waals surface area contributed by atoms with Crippen molar-refractivity contribution in [3.63, 3.8) is 0 Å². The van der Waals surface area contributed by atoms with Crippen molar-refractivity contribution in [2.75, 3.05) is 6.61 Å². The number of amides is 1. The number of nitrogens with zero attached hydrogens (tertiary/aromatic N) is 1. The molecule has 4 aromatic rings. The van der Waals surface area contributed by atoms with Gasteiger partial charge < -0.3 is 14.5 Å². The SMILES string of the molecule is CCOc1cccc2cc(C(C)NC(=O)Cc3csc(-c4ccc(C)cc4)n3)oc12. The number of hydrogen-bond acceptors (Lipinski definition) is 5. The molecule has 0 saturated heterocycles. The van der Waals surface area contributed by atoms with Crippen LogP contribution < -0.4 is 10.1 Å². The first kappa shape index (κ1) is 20.2. The van der Waals surface area contributed by atoms with Crippen LogP contribution in [0, 0.1) is 6.92 Å². The van der Waals surface area contributed by atoms with Crippen molar-refractivity contribution in [2.24, 2.45) is 0 Å². The lowest BCUT2D eigenvalue weighted by Crippen LogP contribution is -2.27. The molecular formula is C24H24N2O3S. The van der Waals surface area contributed by atoms with Gasteiger partial charge in [0.1, 0.15) is 10.8 Å². The van der Waals surface area contributed by atoms with Gasteiger partial charge in [0.25, 0.3) is 0 Å². The number of aryl methyl sites for hydroxylation is 1. The van der Waals surface area contributed by atoms with E-state index in [4.69, 9.17) is 9.15 Å². The van der Waals surface area contributed by atoms with Crippen LogP contribution in [0.15, 0.2) is 58.3 Å². The number of fused-ring (bicyclic) bond motifs is 1. The van der Waals surface area contributed by atoms with E-state index in [-0.39, 0.29) is 18.4 Å². The summed E-state index contributed by atoms with van der Waals surface area (Å²) in [6.45, 7) is 6.48. The predicted molar refractivity (Wildman–Crippen MR) is 120 cm³/mol. The lowest BCUT2D eigenvalue weighted by molar-refractivity contribution is -0.121. The van der Waals surface area contributed by atoms with Crippen molar-refractivity contribution in [1.29, 1.82) is 0 Å². The van der Waals surface area contributed by atoms with E-state index in [1.807, 2.05) is 43.5 Å². The van der Waals surface area contributed by atoms with E-state index in [0.29, 0.717) is 23.7 Å². The fraction of sp³-hybridized carbons (Fsp3) is 0.250. The molecule has 0 spiro atoms. The Morgan fingerprint density at radius 1 is 1.23 bits per heavy atom. The van der Waals surface area contributed by atoms with Gasteiger partial charge in [0.2, 0.25) is 5.91 Å². The summed E-state index contributed by atoms with van der Waals surface area (Å²) in [6.07, 6.45) is 0.233. The third-order valence-corrected chi connectivity index (χ3v) is 5.76. The minimum Gasteiger partial charge on any atom is -0.490 e. The maximum absolute atomic E-state index is 12.6. The molecule has 0 aliphatic heterocycles. The Bertz CT molecular complexity index is 1160. The van der Waals surface area contributed by atoms with E-state index in [0.717, 1.165) is 21.7 Å². The fourth-order valence-corrected chi connectivity index (χ4v) is 4.11. The summed E-state index contributed by atoms with van der Waals surface area (Å²) in [5, 5.41) is 6.82. The van der Waals surface area contributed by atoms with Crippen LogP contribution in [0.2, 0.25) is 0 Å². The summed E-state index contributed by atoms with van der Waals surface area (Å²) in [4.78, 5) is 17.2. The molecule has 1 amide bonds. The summed E-state index contributed by atoms with van der Waals surface area (Å²) in [7, 11) is 0. The van der Waals surface area contributed by atoms with Crippen LogP contribution in [0.1, 0.15) is 36.9 Å². The van der Waals surface area contributed by atoms with Crippen molar-refractivity contribution >= 4 is 28.2 Å². The van der Waals surface area contributed by atoms with Gasteiger partial charge in [-0.2, -0.15) is 0 Å². The van der Waals surface area contributed by atoms with Crippen LogP contribution in [-0.4, -0.2) is 17.5 Å². The number of benzene rings is 2. The van der Waals surface area contributed by atoms with Gasteiger partial charge >= 0.3 is 0 Å². The number of rotatable bonds is 7. The van der Waals surface area contributed by atoms with Gasteiger partial charge in [-0.25, -0.2) is 4.98 Å². The van der Waals surface area contributed by atoms with E-state index < -0.39 is 0 Å². The highest BCUT2D eigenvalue weighted by atomic mass is 32.1. The molecule has 0 fully saturated rings. The molecule has 4 rings (SSSR count). The minimum atomic E-state index is -0.255. The molecule has 1 atom stereocenters. The summed E-state index contributed by atoms with van der Waals surface area (Å²) in [6, 6.07) is 15.7. The standard InChI is InChI=1S/C24H24N2O3S/c1-4-28-20-7-5-6-18-12-21(29-23(18)20)16(3)25-22(27)13-19-14-30-24(26-19)17-10-8-15(2)9-11-17/h5-12,14,16H,4,13H2,1-3H3,(H,25,27). The van der Waals surface area contributed by atoms with Gasteiger partial charge in [-0.05, 0) is 32.9 Å². The van der Waals surface area contributed by atoms with E-state index in [1.54, 1.807) is 11.3 Å². The quantitative estimate of drug-likeness (QED) is 0.418. The van der Waals surface area contributed by atoms with E-state index in [2.05, 4.69) is 41.5 Å². The predicted octanol–water partition coefficient (Wildman–Crippen LogP) is 5.68. The number of ether oxygens (including phenoxy) is 1. The third-order valence-electron chi connectivity index (χ3n) is 4.82. The van der Waals surface area contributed by atoms with Crippen LogP contribution >= 0.6 is 11.3 Å². The zero-order valence-electron chi connectivity index (χ0n) is 17.3. The van der Waals surface area contributed by atoms with Crippen molar-refractivity contribution < 1.29 is 13.9 Å². The summed E-state index contributed by atoms with van der Waals surface area (Å²) >= 11 is 1.55. The first-order valence-corrected chi connectivity index (χ1v) is 10.9. The lowest BCUT2D eigenvalue weighted by Gasteiger charge is -2.10. The second kappa shape index (κ2) is 8.71. The lowest BCUT2D eigenvalue weighted by atomic mass is 10.2. The van der Waals surface area contributed by atoms with Crippen LogP contribution in [0.4, 0.5) is 0 Å². The highest BCUT2D eigenvalue weighted by molar-refractivity contribution is 7.13. The van der Waals surface area contributed by atoms with Crippen LogP contribution in [0.25, 0.3) is 21.5 Å². The fourth-order valence-electron chi connectivity index (χ4n) is 3.28. The molecular weight excluding hydrogens is 396 g/mol. The normalized spacial score (nSPS) is 12.1. The van der Waals surface area contributed by atoms with E-state index >= 15 is 0 Å². The average Bonchev–Trinajstić information content (AvgIpc) is 3.36. The maximum atomic E-state index is 12.6. The number of thiazole rings is 1. The minimum absolute atomic E-state index is 0.0891. The number of carbonyl (C=O) groups excluding carboxylic acids is 1. The molecule has 0 radical (unpaired) electrons. The van der Waals surface area contributed by atoms with Gasteiger partial charge in [-0.1, -0.05) is 42.0 Å². The molecule has 0 aliphatic rings. The zero-order valence-corrected chi connectivity index (χ0v) is 18.1. The van der Waals surface area contributed by atoms with Gasteiger partial charge in [-0.15, -0.1) is 11.3 Å². The Hall–Kier alpha value is -3.12. The number of furan rings is 1. The zero-order chi connectivity index (χ0) is 21.1. The monoisotopic (exact) mass is 420 g/mol. The van der Waals surface area contributed by atoms with Gasteiger partial charge in [0.15, 0.2) is 11.3 Å². The molecule has 2 heterocycles. The van der Waals surface area contributed by atoms with E-state index in [1.165, 1.54) is 5.56 Å². The number of nitrogens with one attached hydrogen (secondary N) is 1. The molecule has 1 unspecified atom stereocenters. The number of hydrogen-bond donors (Lipinski definition) is 1. The second-order valence-electron chi connectivity index (χ2n) is 7.23. The van der Waals surface area contributed by atoms with Crippen molar-refractivity contribution in [2.45, 2.75) is 33.2 Å². The Labute approximate surface area is 179 Å². The van der Waals surface area contributed by atoms with Crippen LogP contribution in [0.3, 0.4) is 0 Å². The van der Waals surface area contributed by atoms with Crippen molar-refractivity contribution in [3.8, 4) is 16.3 Å². The summed E-state index contributed by atoms with van der Waals surface area (Å²) < 4.78 is 11.6. The Balaban J connectivity index is 1.42. The Kier molecular flexibility index (Phi) is 5.86. The smallest absolute Gasteiger partial charge is 0.226 e. The Morgan fingerprint density at radius 3 is 2.80 bits per heavy atom. The molecule has 154 valence electrons. The molecule has 2 aromatic heterocycles. The maximum Gasteiger partial charge on any atom is 0.226 e. The highest BCUT2D eigenvalue weighted by Crippen LogP contribution is 2.31. The van der Waals surface area contributed by atoms with Crippen molar-refractivity contribution in [1.82, 2.24) is 10.3 Å². The molecule has 5 nitrogen and oxygen atoms in total. The molecule has 0 saturated carbocycles. The van der Waals surface area contributed by atoms with E-state index in [9.17, 15) is 4.79 Å². The molecule has 2 aromatic carbocycles. The Morgan fingerprint density at radius 2 is 2.03 bits per heavy atom. The topological polar surface area (TPSA) is 64.4 Å². The number of carbonyl (C=O) groups is 1. The third kappa shape index (κ3) is 4.39. The van der Waals surface area contributed by atoms with Gasteiger partial charge in [0.05, 0.1) is 24.8 Å². The largest absolute Gasteiger partial charge is 0.490 e. The van der Waals surface area contributed by atoms with Gasteiger partial charge in [0, 0.05) is 16.3 Å². The highest BCUT2D eigenvalue weighted by Gasteiger charge is 2.17. The van der Waals surface area contributed by atoms with Gasteiger partial charge in [-0.3, -0.25) is 4.79 Å². The molecule has 1 N–H and O–H groups in total. The number of para-hydroxylation sites is 1. The first-order valence-electron chi connectivity index (χ1n) is 9.99. The summed E-state index contributed by atoms with van der Waals surface area (Å²) in [5.74, 6) is 1.32. The molecule has 6 heteroatoms. The van der Waals surface area contributed by atoms with Crippen LogP contribution in [-0.2, 0) is 11.2 Å². The second-order valence-corrected chi connectivity index (χ2v) is 8.09. The molecule has 0 bridgehead atoms. The molecule has 30 heavy (non-hydrogen) atoms. The molecule has 0 aliphatic carbocycles. The number of aromatic nitrogens is 1. The van der Waals surface area contributed by atoms with Crippen molar-refractivity contribution in [3.05, 3.63) is 70.9 Å².